The molecule has 0 heterocycles. The van der Waals surface area contributed by atoms with Crippen molar-refractivity contribution in [2.75, 3.05) is 47.4 Å². The first-order valence-electron chi connectivity index (χ1n) is 7.82. The lowest BCUT2D eigenvalue weighted by atomic mass is 10.2. The quantitative estimate of drug-likeness (QED) is 0.714. The highest BCUT2D eigenvalue weighted by Crippen LogP contribution is 2.12. The molecule has 4 nitrogen and oxygen atoms in total. The number of nitrogens with zero attached hydrogens (tertiary/aromatic N) is 2. The van der Waals surface area contributed by atoms with Crippen LogP contribution in [0.5, 0.6) is 5.75 Å². The predicted molar refractivity (Wildman–Crippen MR) is 90.0 cm³/mol. The summed E-state index contributed by atoms with van der Waals surface area (Å²) in [6, 6.07) is 8.86. The Morgan fingerprint density at radius 3 is 2.38 bits per heavy atom. The van der Waals surface area contributed by atoms with Crippen LogP contribution in [0.1, 0.15) is 19.4 Å². The highest BCUT2D eigenvalue weighted by Gasteiger charge is 2.12. The van der Waals surface area contributed by atoms with E-state index in [4.69, 9.17) is 4.74 Å². The van der Waals surface area contributed by atoms with Gasteiger partial charge in [0.2, 0.25) is 0 Å². The molecule has 1 aromatic carbocycles. The van der Waals surface area contributed by atoms with Gasteiger partial charge in [0.05, 0.1) is 0 Å². The van der Waals surface area contributed by atoms with Gasteiger partial charge in [0, 0.05) is 25.7 Å². The van der Waals surface area contributed by atoms with Gasteiger partial charge in [-0.15, -0.1) is 0 Å². The van der Waals surface area contributed by atoms with Crippen molar-refractivity contribution in [1.82, 2.24) is 15.1 Å². The third-order valence-corrected chi connectivity index (χ3v) is 3.61. The Morgan fingerprint density at radius 1 is 1.19 bits per heavy atom. The number of rotatable bonds is 10. The molecule has 1 atom stereocenters. The summed E-state index contributed by atoms with van der Waals surface area (Å²) in [4.78, 5) is 4.68. The molecular formula is C17H31N3O. The van der Waals surface area contributed by atoms with Crippen molar-refractivity contribution in [2.24, 2.45) is 0 Å². The second kappa shape index (κ2) is 9.77. The van der Waals surface area contributed by atoms with Crippen LogP contribution in [0.25, 0.3) is 0 Å². The molecule has 0 bridgehead atoms. The zero-order valence-electron chi connectivity index (χ0n) is 14.2. The highest BCUT2D eigenvalue weighted by atomic mass is 16.5. The molecule has 0 saturated carbocycles. The van der Waals surface area contributed by atoms with Gasteiger partial charge in [0.1, 0.15) is 12.4 Å². The molecule has 1 aromatic rings. The van der Waals surface area contributed by atoms with E-state index in [2.05, 4.69) is 55.2 Å². The van der Waals surface area contributed by atoms with Gasteiger partial charge in [-0.2, -0.15) is 0 Å². The van der Waals surface area contributed by atoms with Crippen LogP contribution in [-0.2, 0) is 6.54 Å². The van der Waals surface area contributed by atoms with Gasteiger partial charge in [-0.3, -0.25) is 4.90 Å². The minimum Gasteiger partial charge on any atom is -0.492 e. The fraction of sp³-hybridized carbons (Fsp3) is 0.647. The fourth-order valence-electron chi connectivity index (χ4n) is 2.52. The maximum absolute atomic E-state index is 5.85. The van der Waals surface area contributed by atoms with E-state index in [0.717, 1.165) is 38.5 Å². The first-order chi connectivity index (χ1) is 10.1. The van der Waals surface area contributed by atoms with E-state index in [0.29, 0.717) is 6.04 Å². The first kappa shape index (κ1) is 18.0. The SMILES string of the molecule is CCN(CCOc1ccc(CNC)cc1)C(C)CN(C)C. The normalized spacial score (nSPS) is 12.9. The van der Waals surface area contributed by atoms with Crippen molar-refractivity contribution < 1.29 is 4.74 Å². The van der Waals surface area contributed by atoms with Crippen LogP contribution < -0.4 is 10.1 Å². The summed E-state index contributed by atoms with van der Waals surface area (Å²) in [6.45, 7) is 9.20. The van der Waals surface area contributed by atoms with Crippen LogP contribution in [0.2, 0.25) is 0 Å². The molecule has 0 spiro atoms. The molecule has 0 aliphatic heterocycles. The van der Waals surface area contributed by atoms with Crippen molar-refractivity contribution in [2.45, 2.75) is 26.4 Å². The average molecular weight is 293 g/mol. The number of hydrogen-bond donors (Lipinski definition) is 1. The summed E-state index contributed by atoms with van der Waals surface area (Å²) in [5.74, 6) is 0.950. The number of likely N-dealkylation sites (N-methyl/N-ethyl adjacent to an activating group) is 2. The largest absolute Gasteiger partial charge is 0.492 e. The van der Waals surface area contributed by atoms with Crippen LogP contribution in [0, 0.1) is 0 Å². The van der Waals surface area contributed by atoms with Crippen molar-refractivity contribution >= 4 is 0 Å². The Kier molecular flexibility index (Phi) is 8.35. The summed E-state index contributed by atoms with van der Waals surface area (Å²) >= 11 is 0. The van der Waals surface area contributed by atoms with Crippen molar-refractivity contribution in [3.05, 3.63) is 29.8 Å². The van der Waals surface area contributed by atoms with E-state index < -0.39 is 0 Å². The van der Waals surface area contributed by atoms with Crippen molar-refractivity contribution in [1.29, 1.82) is 0 Å². The topological polar surface area (TPSA) is 27.7 Å². The zero-order valence-corrected chi connectivity index (χ0v) is 14.2. The molecule has 0 aliphatic carbocycles. The van der Waals surface area contributed by atoms with Crippen LogP contribution in [0.3, 0.4) is 0 Å². The molecular weight excluding hydrogens is 262 g/mol. The summed E-state index contributed by atoms with van der Waals surface area (Å²) < 4.78 is 5.85. The summed E-state index contributed by atoms with van der Waals surface area (Å²) in [5.41, 5.74) is 1.28. The Hall–Kier alpha value is -1.10. The van der Waals surface area contributed by atoms with Crippen molar-refractivity contribution in [3.63, 3.8) is 0 Å². The van der Waals surface area contributed by atoms with Gasteiger partial charge in [-0.25, -0.2) is 0 Å². The van der Waals surface area contributed by atoms with Gasteiger partial charge >= 0.3 is 0 Å². The van der Waals surface area contributed by atoms with Crippen LogP contribution in [0.15, 0.2) is 24.3 Å². The Bertz CT molecular complexity index is 378. The number of ether oxygens (including phenoxy) is 1. The standard InChI is InChI=1S/C17H31N3O/c1-6-20(15(2)14-19(4)5)11-12-21-17-9-7-16(8-10-17)13-18-3/h7-10,15,18H,6,11-14H2,1-5H3. The minimum atomic E-state index is 0.548. The molecule has 120 valence electrons. The molecule has 21 heavy (non-hydrogen) atoms. The molecule has 1 unspecified atom stereocenters. The lowest BCUT2D eigenvalue weighted by Crippen LogP contribution is -2.41. The van der Waals surface area contributed by atoms with Gasteiger partial charge in [0.15, 0.2) is 0 Å². The first-order valence-corrected chi connectivity index (χ1v) is 7.82. The molecule has 4 heteroatoms. The van der Waals surface area contributed by atoms with Gasteiger partial charge in [0.25, 0.3) is 0 Å². The maximum Gasteiger partial charge on any atom is 0.119 e. The minimum absolute atomic E-state index is 0.548. The van der Waals surface area contributed by atoms with Crippen LogP contribution in [-0.4, -0.2) is 63.2 Å². The summed E-state index contributed by atoms with van der Waals surface area (Å²) in [5, 5.41) is 3.15. The van der Waals surface area contributed by atoms with E-state index >= 15 is 0 Å². The Balaban J connectivity index is 2.36. The molecule has 0 aliphatic rings. The van der Waals surface area contributed by atoms with E-state index in [1.54, 1.807) is 0 Å². The van der Waals surface area contributed by atoms with E-state index in [9.17, 15) is 0 Å². The lowest BCUT2D eigenvalue weighted by Gasteiger charge is -2.29. The summed E-state index contributed by atoms with van der Waals surface area (Å²) in [6.07, 6.45) is 0. The lowest BCUT2D eigenvalue weighted by molar-refractivity contribution is 0.152. The third kappa shape index (κ3) is 6.93. The number of nitrogens with one attached hydrogen (secondary N) is 1. The van der Waals surface area contributed by atoms with E-state index in [1.165, 1.54) is 5.56 Å². The van der Waals surface area contributed by atoms with E-state index in [1.807, 2.05) is 19.2 Å². The third-order valence-electron chi connectivity index (χ3n) is 3.61. The van der Waals surface area contributed by atoms with Gasteiger partial charge < -0.3 is 15.0 Å². The maximum atomic E-state index is 5.85. The van der Waals surface area contributed by atoms with Gasteiger partial charge in [-0.05, 0) is 52.3 Å². The second-order valence-electron chi connectivity index (χ2n) is 5.76. The average Bonchev–Trinajstić information content (AvgIpc) is 2.45. The molecule has 1 rings (SSSR count). The monoisotopic (exact) mass is 293 g/mol. The molecule has 0 fully saturated rings. The highest BCUT2D eigenvalue weighted by molar-refractivity contribution is 5.27. The van der Waals surface area contributed by atoms with Crippen LogP contribution >= 0.6 is 0 Å². The zero-order chi connectivity index (χ0) is 15.7. The number of hydrogen-bond acceptors (Lipinski definition) is 4. The molecule has 0 saturated heterocycles. The van der Waals surface area contributed by atoms with Crippen molar-refractivity contribution in [3.8, 4) is 5.75 Å². The molecule has 0 amide bonds. The smallest absolute Gasteiger partial charge is 0.119 e. The van der Waals surface area contributed by atoms with Crippen LogP contribution in [0.4, 0.5) is 0 Å². The number of benzene rings is 1. The molecule has 1 N–H and O–H groups in total. The molecule has 0 aromatic heterocycles. The predicted octanol–water partition coefficient (Wildman–Crippen LogP) is 2.06. The fourth-order valence-corrected chi connectivity index (χ4v) is 2.52. The Morgan fingerprint density at radius 2 is 1.86 bits per heavy atom. The second-order valence-corrected chi connectivity index (χ2v) is 5.76. The summed E-state index contributed by atoms with van der Waals surface area (Å²) in [7, 11) is 6.19. The van der Waals surface area contributed by atoms with E-state index in [-0.39, 0.29) is 0 Å². The van der Waals surface area contributed by atoms with Gasteiger partial charge in [-0.1, -0.05) is 19.1 Å². The molecule has 0 radical (unpaired) electrons. The Labute approximate surface area is 130 Å².